The second-order valence-corrected chi connectivity index (χ2v) is 6.36. The molecule has 0 amide bonds. The predicted molar refractivity (Wildman–Crippen MR) is 53.6 cm³/mol. The van der Waals surface area contributed by atoms with Crippen LogP contribution in [0.4, 0.5) is 5.13 Å². The van der Waals surface area contributed by atoms with Crippen molar-refractivity contribution in [3.63, 3.8) is 0 Å². The Hall–Kier alpha value is 0.650. The van der Waals surface area contributed by atoms with Gasteiger partial charge in [0.15, 0.2) is 5.13 Å². The van der Waals surface area contributed by atoms with E-state index in [4.69, 9.17) is 34.8 Å². The molecule has 1 aromatic heterocycles. The highest BCUT2D eigenvalue weighted by Crippen LogP contribution is 2.39. The summed E-state index contributed by atoms with van der Waals surface area (Å²) in [6.07, 6.45) is 1.67. The second kappa shape index (κ2) is 4.05. The second-order valence-electron chi connectivity index (χ2n) is 1.49. The molecule has 0 bridgehead atoms. The van der Waals surface area contributed by atoms with Crippen LogP contribution in [0.25, 0.3) is 0 Å². The van der Waals surface area contributed by atoms with E-state index in [0.29, 0.717) is 0 Å². The first kappa shape index (κ1) is 9.74. The van der Waals surface area contributed by atoms with Gasteiger partial charge in [0.1, 0.15) is 0 Å². The van der Waals surface area contributed by atoms with Gasteiger partial charge in [0, 0.05) is 23.5 Å². The number of thiazole rings is 1. The zero-order valence-electron chi connectivity index (χ0n) is 5.05. The lowest BCUT2D eigenvalue weighted by atomic mass is 11.0. The third-order valence-corrected chi connectivity index (χ3v) is 2.73. The van der Waals surface area contributed by atoms with Gasteiger partial charge in [0.05, 0.1) is 0 Å². The Morgan fingerprint density at radius 3 is 2.73 bits per heavy atom. The normalized spacial score (nSPS) is 11.5. The molecule has 11 heavy (non-hydrogen) atoms. The molecule has 1 aromatic rings. The lowest BCUT2D eigenvalue weighted by Crippen LogP contribution is -1.99. The van der Waals surface area contributed by atoms with Crippen molar-refractivity contribution in [3.05, 3.63) is 11.6 Å². The maximum atomic E-state index is 5.46. The summed E-state index contributed by atoms with van der Waals surface area (Å²) in [5.74, 6) is 0. The number of hydrogen-bond acceptors (Lipinski definition) is 4. The fourth-order valence-electron chi connectivity index (χ4n) is 0.375. The summed E-state index contributed by atoms with van der Waals surface area (Å²) in [5, 5.41) is 2.56. The van der Waals surface area contributed by atoms with Gasteiger partial charge in [-0.2, -0.15) is 0 Å². The third kappa shape index (κ3) is 4.28. The summed E-state index contributed by atoms with van der Waals surface area (Å²) in [4.78, 5) is 3.93. The van der Waals surface area contributed by atoms with Crippen LogP contribution >= 0.6 is 58.1 Å². The van der Waals surface area contributed by atoms with Gasteiger partial charge >= 0.3 is 0 Å². The molecule has 0 fully saturated rings. The van der Waals surface area contributed by atoms with Gasteiger partial charge in [0.2, 0.25) is 0 Å². The Bertz CT molecular complexity index is 208. The van der Waals surface area contributed by atoms with Crippen molar-refractivity contribution < 1.29 is 0 Å². The summed E-state index contributed by atoms with van der Waals surface area (Å²) in [7, 11) is 0. The van der Waals surface area contributed by atoms with Crippen molar-refractivity contribution in [1.82, 2.24) is 4.98 Å². The Morgan fingerprint density at radius 2 is 2.27 bits per heavy atom. The van der Waals surface area contributed by atoms with Gasteiger partial charge in [-0.3, -0.25) is 0 Å². The third-order valence-electron chi connectivity index (χ3n) is 0.686. The molecule has 1 N–H and O–H groups in total. The van der Waals surface area contributed by atoms with Gasteiger partial charge in [-0.05, 0) is 0 Å². The predicted octanol–water partition coefficient (Wildman–Crippen LogP) is 3.53. The Balaban J connectivity index is 2.35. The van der Waals surface area contributed by atoms with Crippen LogP contribution in [0.3, 0.4) is 0 Å². The molecular formula is C4H3Cl3N2S2. The minimum absolute atomic E-state index is 0.723. The first-order valence-electron chi connectivity index (χ1n) is 2.48. The topological polar surface area (TPSA) is 24.9 Å². The monoisotopic (exact) mass is 248 g/mol. The van der Waals surface area contributed by atoms with E-state index in [9.17, 15) is 0 Å². The van der Waals surface area contributed by atoms with E-state index in [2.05, 4.69) is 9.71 Å². The van der Waals surface area contributed by atoms with Crippen LogP contribution in [0.1, 0.15) is 0 Å². The zero-order chi connectivity index (χ0) is 8.32. The van der Waals surface area contributed by atoms with Crippen molar-refractivity contribution in [3.8, 4) is 0 Å². The van der Waals surface area contributed by atoms with Gasteiger partial charge < -0.3 is 4.72 Å². The van der Waals surface area contributed by atoms with Gasteiger partial charge in [0.25, 0.3) is 3.12 Å². The largest absolute Gasteiger partial charge is 0.302 e. The minimum atomic E-state index is -1.34. The maximum Gasteiger partial charge on any atom is 0.256 e. The molecule has 7 heteroatoms. The average molecular weight is 250 g/mol. The lowest BCUT2D eigenvalue weighted by molar-refractivity contribution is 1.42. The smallest absolute Gasteiger partial charge is 0.256 e. The SMILES string of the molecule is ClC(Cl)(Cl)SNc1nccs1. The summed E-state index contributed by atoms with van der Waals surface area (Å²) in [6.45, 7) is 0. The summed E-state index contributed by atoms with van der Waals surface area (Å²) in [6, 6.07) is 0. The quantitative estimate of drug-likeness (QED) is 0.641. The van der Waals surface area contributed by atoms with Crippen molar-refractivity contribution >= 4 is 63.2 Å². The molecule has 1 heterocycles. The van der Waals surface area contributed by atoms with E-state index in [1.54, 1.807) is 6.20 Å². The van der Waals surface area contributed by atoms with Crippen LogP contribution in [0.5, 0.6) is 0 Å². The first-order valence-corrected chi connectivity index (χ1v) is 5.31. The number of anilines is 1. The number of rotatable bonds is 2. The molecule has 0 spiro atoms. The van der Waals surface area contributed by atoms with Crippen molar-refractivity contribution in [1.29, 1.82) is 0 Å². The molecule has 0 unspecified atom stereocenters. The van der Waals surface area contributed by atoms with Crippen molar-refractivity contribution in [2.24, 2.45) is 0 Å². The molecular weight excluding hydrogens is 247 g/mol. The molecule has 62 valence electrons. The number of nitrogens with zero attached hydrogens (tertiary/aromatic N) is 1. The molecule has 0 aliphatic rings. The number of nitrogens with one attached hydrogen (secondary N) is 1. The standard InChI is InChI=1S/C4H3Cl3N2S2/c5-4(6,7)11-9-3-8-1-2-10-3/h1-2H,(H,8,9). The van der Waals surface area contributed by atoms with Gasteiger partial charge in [-0.25, -0.2) is 4.98 Å². The number of alkyl halides is 3. The van der Waals surface area contributed by atoms with Crippen LogP contribution in [0, 0.1) is 0 Å². The van der Waals surface area contributed by atoms with Crippen LogP contribution < -0.4 is 4.72 Å². The van der Waals surface area contributed by atoms with E-state index >= 15 is 0 Å². The van der Waals surface area contributed by atoms with Gasteiger partial charge in [-0.15, -0.1) is 11.3 Å². The molecule has 0 atom stereocenters. The van der Waals surface area contributed by atoms with E-state index < -0.39 is 3.12 Å². The summed E-state index contributed by atoms with van der Waals surface area (Å²) in [5.41, 5.74) is 0. The molecule has 0 saturated heterocycles. The first-order chi connectivity index (χ1) is 5.08. The number of hydrogen-bond donors (Lipinski definition) is 1. The Morgan fingerprint density at radius 1 is 1.55 bits per heavy atom. The molecule has 0 aliphatic heterocycles. The van der Waals surface area contributed by atoms with Gasteiger partial charge in [-0.1, -0.05) is 34.8 Å². The number of halogens is 3. The molecule has 2 nitrogen and oxygen atoms in total. The van der Waals surface area contributed by atoms with Crippen LogP contribution in [-0.4, -0.2) is 8.11 Å². The summed E-state index contributed by atoms with van der Waals surface area (Å²) >= 11 is 18.8. The molecule has 0 aliphatic carbocycles. The van der Waals surface area contributed by atoms with E-state index in [-0.39, 0.29) is 0 Å². The Kier molecular flexibility index (Phi) is 3.58. The average Bonchev–Trinajstić information content (AvgIpc) is 2.32. The highest BCUT2D eigenvalue weighted by atomic mass is 35.6. The molecule has 1 rings (SSSR count). The molecule has 0 aromatic carbocycles. The van der Waals surface area contributed by atoms with Crippen LogP contribution in [0.2, 0.25) is 0 Å². The van der Waals surface area contributed by atoms with Crippen molar-refractivity contribution in [2.75, 3.05) is 4.72 Å². The number of aromatic nitrogens is 1. The van der Waals surface area contributed by atoms with Crippen LogP contribution in [-0.2, 0) is 0 Å². The summed E-state index contributed by atoms with van der Waals surface area (Å²) < 4.78 is 1.45. The Labute approximate surface area is 87.4 Å². The molecule has 0 radical (unpaired) electrons. The van der Waals surface area contributed by atoms with Crippen LogP contribution in [0.15, 0.2) is 11.6 Å². The zero-order valence-corrected chi connectivity index (χ0v) is 8.95. The fraction of sp³-hybridized carbons (Fsp3) is 0.250. The van der Waals surface area contributed by atoms with E-state index in [1.165, 1.54) is 11.3 Å². The lowest BCUT2D eigenvalue weighted by Gasteiger charge is -2.08. The highest BCUT2D eigenvalue weighted by Gasteiger charge is 2.20. The van der Waals surface area contributed by atoms with E-state index in [1.807, 2.05) is 5.38 Å². The fourth-order valence-corrected chi connectivity index (χ4v) is 1.67. The minimum Gasteiger partial charge on any atom is -0.302 e. The van der Waals surface area contributed by atoms with Crippen molar-refractivity contribution in [2.45, 2.75) is 3.12 Å². The highest BCUT2D eigenvalue weighted by molar-refractivity contribution is 8.06. The van der Waals surface area contributed by atoms with E-state index in [0.717, 1.165) is 17.1 Å². The maximum absolute atomic E-state index is 5.46. The molecule has 0 saturated carbocycles.